The number of aliphatic imine (C=N–C) groups is 1. The van der Waals surface area contributed by atoms with Crippen molar-refractivity contribution in [2.75, 3.05) is 25.6 Å². The number of unbranched alkanes of at least 4 members (excludes halogenated alkanes) is 4. The van der Waals surface area contributed by atoms with Crippen molar-refractivity contribution in [1.29, 1.82) is 5.26 Å². The fourth-order valence-corrected chi connectivity index (χ4v) is 2.53. The minimum atomic E-state index is 0.460. The third-order valence-electron chi connectivity index (χ3n) is 4.02. The number of nitriles is 1. The Morgan fingerprint density at radius 2 is 1.68 bits per heavy atom. The molecule has 0 aliphatic heterocycles. The number of ether oxygens (including phenoxy) is 2. The second-order valence-corrected chi connectivity index (χ2v) is 6.12. The van der Waals surface area contributed by atoms with Crippen molar-refractivity contribution in [3.63, 3.8) is 0 Å². The molecular formula is C21H27N5O2. The number of hydrogen-bond acceptors (Lipinski definition) is 5. The Balaban J connectivity index is 1.54. The van der Waals surface area contributed by atoms with Crippen molar-refractivity contribution in [2.45, 2.75) is 32.1 Å². The van der Waals surface area contributed by atoms with Crippen LogP contribution in [0, 0.1) is 11.5 Å². The van der Waals surface area contributed by atoms with Crippen LogP contribution >= 0.6 is 0 Å². The van der Waals surface area contributed by atoms with Crippen molar-refractivity contribution in [3.8, 4) is 17.7 Å². The summed E-state index contributed by atoms with van der Waals surface area (Å²) in [7, 11) is 1.65. The summed E-state index contributed by atoms with van der Waals surface area (Å²) in [4.78, 5) is 8.37. The molecule has 1 heterocycles. The Morgan fingerprint density at radius 1 is 1.00 bits per heavy atom. The maximum atomic E-state index is 8.83. The number of aromatic nitrogens is 1. The number of hydrogen-bond donors (Lipinski definition) is 2. The zero-order chi connectivity index (χ0) is 19.9. The van der Waals surface area contributed by atoms with Gasteiger partial charge in [-0.15, -0.1) is 0 Å². The van der Waals surface area contributed by atoms with E-state index in [4.69, 9.17) is 14.7 Å². The van der Waals surface area contributed by atoms with Gasteiger partial charge in [0.05, 0.1) is 13.7 Å². The molecule has 7 nitrogen and oxygen atoms in total. The van der Waals surface area contributed by atoms with Gasteiger partial charge in [-0.1, -0.05) is 19.3 Å². The topological polar surface area (TPSA) is 91.6 Å². The van der Waals surface area contributed by atoms with Crippen LogP contribution in [0.1, 0.15) is 32.1 Å². The van der Waals surface area contributed by atoms with Crippen LogP contribution in [-0.2, 0) is 0 Å². The van der Waals surface area contributed by atoms with Gasteiger partial charge in [-0.2, -0.15) is 5.26 Å². The minimum absolute atomic E-state index is 0.460. The molecule has 2 aromatic rings. The first-order valence-corrected chi connectivity index (χ1v) is 9.45. The van der Waals surface area contributed by atoms with Gasteiger partial charge in [-0.05, 0) is 49.2 Å². The van der Waals surface area contributed by atoms with E-state index in [1.54, 1.807) is 19.5 Å². The average Bonchev–Trinajstić information content (AvgIpc) is 2.74. The number of nitrogens with zero attached hydrogens (tertiary/aromatic N) is 3. The van der Waals surface area contributed by atoms with Crippen molar-refractivity contribution < 1.29 is 9.47 Å². The first-order chi connectivity index (χ1) is 13.8. The molecule has 2 N–H and O–H groups in total. The van der Waals surface area contributed by atoms with E-state index in [9.17, 15) is 0 Å². The molecule has 28 heavy (non-hydrogen) atoms. The van der Waals surface area contributed by atoms with E-state index in [0.29, 0.717) is 12.5 Å². The molecule has 0 radical (unpaired) electrons. The van der Waals surface area contributed by atoms with E-state index < -0.39 is 0 Å². The summed E-state index contributed by atoms with van der Waals surface area (Å²) < 4.78 is 10.8. The number of guanidine groups is 1. The number of benzene rings is 1. The normalized spacial score (nSPS) is 10.8. The summed E-state index contributed by atoms with van der Waals surface area (Å²) in [5.41, 5.74) is 0.841. The molecule has 0 aliphatic rings. The summed E-state index contributed by atoms with van der Waals surface area (Å²) in [6.07, 6.45) is 10.6. The first-order valence-electron chi connectivity index (χ1n) is 9.45. The number of methoxy groups -OCH3 is 1. The van der Waals surface area contributed by atoms with Crippen molar-refractivity contribution in [1.82, 2.24) is 10.3 Å². The molecule has 1 aromatic carbocycles. The summed E-state index contributed by atoms with van der Waals surface area (Å²) >= 11 is 0. The highest BCUT2D eigenvalue weighted by Gasteiger charge is 1.99. The van der Waals surface area contributed by atoms with E-state index in [1.165, 1.54) is 0 Å². The van der Waals surface area contributed by atoms with Crippen molar-refractivity contribution in [2.24, 2.45) is 4.99 Å². The first kappa shape index (κ1) is 21.0. The van der Waals surface area contributed by atoms with Gasteiger partial charge in [-0.25, -0.2) is 0 Å². The maximum Gasteiger partial charge on any atom is 0.209 e. The van der Waals surface area contributed by atoms with Crippen LogP contribution in [0.25, 0.3) is 0 Å². The molecule has 1 aromatic heterocycles. The molecule has 0 atom stereocenters. The van der Waals surface area contributed by atoms with Gasteiger partial charge in [0.1, 0.15) is 11.5 Å². The smallest absolute Gasteiger partial charge is 0.209 e. The summed E-state index contributed by atoms with van der Waals surface area (Å²) in [5.74, 6) is 2.16. The van der Waals surface area contributed by atoms with Gasteiger partial charge in [0.2, 0.25) is 5.96 Å². The second kappa shape index (κ2) is 13.0. The van der Waals surface area contributed by atoms with Gasteiger partial charge < -0.3 is 14.8 Å². The van der Waals surface area contributed by atoms with Gasteiger partial charge in [0, 0.05) is 24.6 Å². The van der Waals surface area contributed by atoms with Crippen LogP contribution in [-0.4, -0.2) is 31.2 Å². The number of anilines is 1. The minimum Gasteiger partial charge on any atom is -0.497 e. The lowest BCUT2D eigenvalue weighted by atomic mass is 10.1. The molecule has 7 heteroatoms. The van der Waals surface area contributed by atoms with Crippen LogP contribution < -0.4 is 20.1 Å². The molecule has 0 saturated carbocycles. The average molecular weight is 381 g/mol. The standard InChI is InChI=1S/C21H27N5O2/c1-27-19-7-9-20(10-8-19)28-16-6-4-2-3-5-13-24-21(25-17-22)26-18-11-14-23-15-12-18/h7-12,14-15H,2-6,13,16H2,1H3,(H2,23,24,25,26). The van der Waals surface area contributed by atoms with Crippen molar-refractivity contribution >= 4 is 11.6 Å². The highest BCUT2D eigenvalue weighted by Crippen LogP contribution is 2.17. The molecule has 0 unspecified atom stereocenters. The zero-order valence-electron chi connectivity index (χ0n) is 16.2. The Kier molecular flexibility index (Phi) is 9.75. The molecule has 0 saturated heterocycles. The third-order valence-corrected chi connectivity index (χ3v) is 4.02. The molecule has 0 amide bonds. The summed E-state index contributed by atoms with van der Waals surface area (Å²) in [6.45, 7) is 1.39. The molecule has 0 fully saturated rings. The summed E-state index contributed by atoms with van der Waals surface area (Å²) in [6, 6.07) is 11.3. The number of rotatable bonds is 11. The largest absolute Gasteiger partial charge is 0.497 e. The van der Waals surface area contributed by atoms with Gasteiger partial charge in [0.15, 0.2) is 6.19 Å². The number of pyridine rings is 1. The fraction of sp³-hybridized carbons (Fsp3) is 0.381. The van der Waals surface area contributed by atoms with Crippen LogP contribution in [0.3, 0.4) is 0 Å². The molecule has 0 aliphatic carbocycles. The molecule has 0 spiro atoms. The van der Waals surface area contributed by atoms with E-state index in [2.05, 4.69) is 20.6 Å². The lowest BCUT2D eigenvalue weighted by Gasteiger charge is -2.08. The molecule has 0 bridgehead atoms. The van der Waals surface area contributed by atoms with Gasteiger partial charge in [-0.3, -0.25) is 15.3 Å². The Hall–Kier alpha value is -3.27. The number of nitrogens with one attached hydrogen (secondary N) is 2. The molecule has 2 rings (SSSR count). The highest BCUT2D eigenvalue weighted by molar-refractivity contribution is 5.94. The van der Waals surface area contributed by atoms with Gasteiger partial charge >= 0.3 is 0 Å². The monoisotopic (exact) mass is 381 g/mol. The van der Waals surface area contributed by atoms with E-state index in [0.717, 1.165) is 55.9 Å². The van der Waals surface area contributed by atoms with E-state index in [1.807, 2.05) is 42.6 Å². The van der Waals surface area contributed by atoms with Crippen LogP contribution in [0.15, 0.2) is 53.8 Å². The second-order valence-electron chi connectivity index (χ2n) is 6.12. The summed E-state index contributed by atoms with van der Waals surface area (Å²) in [5, 5.41) is 14.5. The predicted molar refractivity (Wildman–Crippen MR) is 110 cm³/mol. The Morgan fingerprint density at radius 3 is 2.39 bits per heavy atom. The molecule has 148 valence electrons. The van der Waals surface area contributed by atoms with Crippen molar-refractivity contribution in [3.05, 3.63) is 48.8 Å². The maximum absolute atomic E-state index is 8.83. The van der Waals surface area contributed by atoms with Crippen LogP contribution in [0.4, 0.5) is 5.69 Å². The molecular weight excluding hydrogens is 354 g/mol. The quantitative estimate of drug-likeness (QED) is 0.201. The highest BCUT2D eigenvalue weighted by atomic mass is 16.5. The third kappa shape index (κ3) is 8.41. The fourth-order valence-electron chi connectivity index (χ4n) is 2.53. The van der Waals surface area contributed by atoms with Crippen LogP contribution in [0.5, 0.6) is 11.5 Å². The van der Waals surface area contributed by atoms with E-state index in [-0.39, 0.29) is 0 Å². The van der Waals surface area contributed by atoms with Crippen LogP contribution in [0.2, 0.25) is 0 Å². The van der Waals surface area contributed by atoms with E-state index >= 15 is 0 Å². The SMILES string of the molecule is COc1ccc(OCCCCCCCN=C(NC#N)Nc2ccncc2)cc1. The zero-order valence-corrected chi connectivity index (χ0v) is 16.2. The Bertz CT molecular complexity index is 742. The van der Waals surface area contributed by atoms with Gasteiger partial charge in [0.25, 0.3) is 0 Å². The predicted octanol–water partition coefficient (Wildman–Crippen LogP) is 3.96. The lowest BCUT2D eigenvalue weighted by molar-refractivity contribution is 0.304. The lowest BCUT2D eigenvalue weighted by Crippen LogP contribution is -2.27. The Labute approximate surface area is 166 Å².